The molecule has 3 nitrogen and oxygen atoms in total. The Morgan fingerprint density at radius 2 is 1.67 bits per heavy atom. The molecule has 0 heterocycles. The van der Waals surface area contributed by atoms with Crippen LogP contribution in [-0.2, 0) is 4.57 Å². The lowest BCUT2D eigenvalue weighted by Gasteiger charge is -2.19. The fourth-order valence-corrected chi connectivity index (χ4v) is 3.55. The van der Waals surface area contributed by atoms with Gasteiger partial charge in [-0.2, -0.15) is 0 Å². The van der Waals surface area contributed by atoms with E-state index < -0.39 is 7.52 Å². The number of benzene rings is 2. The number of nitrogens with one attached hydrogen (secondary N) is 1. The van der Waals surface area contributed by atoms with Crippen LogP contribution in [0, 0.1) is 20.8 Å². The Morgan fingerprint density at radius 1 is 1.05 bits per heavy atom. The van der Waals surface area contributed by atoms with Crippen molar-refractivity contribution in [2.75, 3.05) is 11.8 Å². The first kappa shape index (κ1) is 15.9. The van der Waals surface area contributed by atoms with Crippen LogP contribution in [-0.4, -0.2) is 6.66 Å². The SMILES string of the molecule is Cc1cc(C)cc(O[P@](C)(=O)Nc2cc(Cl)ccc2C)c1. The molecular weight excluding hydrogens is 305 g/mol. The predicted molar refractivity (Wildman–Crippen MR) is 89.9 cm³/mol. The molecule has 0 fully saturated rings. The van der Waals surface area contributed by atoms with Crippen molar-refractivity contribution >= 4 is 24.8 Å². The zero-order valence-corrected chi connectivity index (χ0v) is 14.3. The smallest absolute Gasteiger partial charge is 0.338 e. The van der Waals surface area contributed by atoms with Crippen molar-refractivity contribution in [3.8, 4) is 5.75 Å². The maximum Gasteiger partial charge on any atom is 0.338 e. The molecule has 0 spiro atoms. The summed E-state index contributed by atoms with van der Waals surface area (Å²) >= 11 is 5.98. The number of halogens is 1. The molecule has 2 aromatic rings. The van der Waals surface area contributed by atoms with Gasteiger partial charge < -0.3 is 9.61 Å². The van der Waals surface area contributed by atoms with Crippen molar-refractivity contribution in [1.82, 2.24) is 0 Å². The average Bonchev–Trinajstić information content (AvgIpc) is 2.31. The molecule has 1 atom stereocenters. The average molecular weight is 324 g/mol. The molecule has 5 heteroatoms. The van der Waals surface area contributed by atoms with E-state index in [1.165, 1.54) is 0 Å². The van der Waals surface area contributed by atoms with Crippen LogP contribution in [0.1, 0.15) is 16.7 Å². The quantitative estimate of drug-likeness (QED) is 0.746. The van der Waals surface area contributed by atoms with E-state index in [1.807, 2.05) is 45.0 Å². The maximum atomic E-state index is 12.7. The molecule has 0 aliphatic rings. The minimum atomic E-state index is -3.03. The summed E-state index contributed by atoms with van der Waals surface area (Å²) in [6, 6.07) is 11.2. The van der Waals surface area contributed by atoms with E-state index in [0.717, 1.165) is 22.4 Å². The third-order valence-corrected chi connectivity index (χ3v) is 4.44. The molecule has 0 aliphatic heterocycles. The molecule has 0 radical (unpaired) electrons. The van der Waals surface area contributed by atoms with Gasteiger partial charge >= 0.3 is 7.52 Å². The van der Waals surface area contributed by atoms with Gasteiger partial charge in [0.1, 0.15) is 5.75 Å². The fraction of sp³-hybridized carbons (Fsp3) is 0.250. The van der Waals surface area contributed by atoms with Gasteiger partial charge in [-0.05, 0) is 61.7 Å². The Morgan fingerprint density at radius 3 is 2.29 bits per heavy atom. The molecule has 1 N–H and O–H groups in total. The van der Waals surface area contributed by atoms with Crippen LogP contribution in [0.15, 0.2) is 36.4 Å². The van der Waals surface area contributed by atoms with Crippen LogP contribution in [0.5, 0.6) is 5.75 Å². The molecule has 0 saturated heterocycles. The highest BCUT2D eigenvalue weighted by Crippen LogP contribution is 2.44. The van der Waals surface area contributed by atoms with Crippen molar-refractivity contribution in [3.05, 3.63) is 58.1 Å². The number of rotatable bonds is 4. The number of hydrogen-bond donors (Lipinski definition) is 1. The van der Waals surface area contributed by atoms with Crippen molar-refractivity contribution in [3.63, 3.8) is 0 Å². The standard InChI is InChI=1S/C16H19ClNO2P/c1-11-7-12(2)9-15(8-11)20-21(4,19)18-16-10-14(17)6-5-13(16)3/h5-10H,1-4H3,(H,18,19)/t21-/m0/s1. The van der Waals surface area contributed by atoms with Gasteiger partial charge in [-0.3, -0.25) is 4.57 Å². The Kier molecular flexibility index (Phi) is 4.65. The fourth-order valence-electron chi connectivity index (χ4n) is 2.14. The first-order chi connectivity index (χ1) is 9.75. The van der Waals surface area contributed by atoms with Gasteiger partial charge in [-0.15, -0.1) is 0 Å². The van der Waals surface area contributed by atoms with Crippen LogP contribution in [0.2, 0.25) is 5.02 Å². The van der Waals surface area contributed by atoms with E-state index in [4.69, 9.17) is 16.1 Å². The van der Waals surface area contributed by atoms with Gasteiger partial charge in [0.15, 0.2) is 0 Å². The van der Waals surface area contributed by atoms with Gasteiger partial charge in [0.25, 0.3) is 0 Å². The first-order valence-electron chi connectivity index (χ1n) is 6.65. The number of anilines is 1. The molecule has 112 valence electrons. The van der Waals surface area contributed by atoms with Gasteiger partial charge in [0, 0.05) is 17.4 Å². The van der Waals surface area contributed by atoms with Crippen molar-refractivity contribution < 1.29 is 9.09 Å². The lowest BCUT2D eigenvalue weighted by Crippen LogP contribution is -2.03. The normalized spacial score (nSPS) is 13.6. The van der Waals surface area contributed by atoms with Gasteiger partial charge in [-0.1, -0.05) is 23.7 Å². The Balaban J connectivity index is 2.22. The third kappa shape index (κ3) is 4.52. The molecule has 2 aromatic carbocycles. The molecule has 2 rings (SSSR count). The van der Waals surface area contributed by atoms with Crippen LogP contribution < -0.4 is 9.61 Å². The van der Waals surface area contributed by atoms with Gasteiger partial charge in [0.2, 0.25) is 0 Å². The van der Waals surface area contributed by atoms with Gasteiger partial charge in [0.05, 0.1) is 0 Å². The van der Waals surface area contributed by atoms with Gasteiger partial charge in [-0.25, -0.2) is 0 Å². The summed E-state index contributed by atoms with van der Waals surface area (Å²) < 4.78 is 18.3. The zero-order valence-electron chi connectivity index (χ0n) is 12.6. The summed E-state index contributed by atoms with van der Waals surface area (Å²) in [5.41, 5.74) is 3.83. The minimum Gasteiger partial charge on any atom is -0.429 e. The van der Waals surface area contributed by atoms with Crippen LogP contribution in [0.25, 0.3) is 0 Å². The molecule has 0 aromatic heterocycles. The zero-order chi connectivity index (χ0) is 15.6. The second kappa shape index (κ2) is 6.13. The van der Waals surface area contributed by atoms with Crippen molar-refractivity contribution in [1.29, 1.82) is 0 Å². The summed E-state index contributed by atoms with van der Waals surface area (Å²) in [6.07, 6.45) is 0. The van der Waals surface area contributed by atoms with Crippen LogP contribution in [0.4, 0.5) is 5.69 Å². The minimum absolute atomic E-state index is 0.592. The lowest BCUT2D eigenvalue weighted by atomic mass is 10.1. The summed E-state index contributed by atoms with van der Waals surface area (Å²) in [4.78, 5) is 0. The van der Waals surface area contributed by atoms with Crippen molar-refractivity contribution in [2.24, 2.45) is 0 Å². The van der Waals surface area contributed by atoms with E-state index in [9.17, 15) is 4.57 Å². The molecule has 0 aliphatic carbocycles. The highest BCUT2D eigenvalue weighted by Gasteiger charge is 2.19. The second-order valence-electron chi connectivity index (χ2n) is 5.33. The second-order valence-corrected chi connectivity index (χ2v) is 7.87. The van der Waals surface area contributed by atoms with E-state index >= 15 is 0 Å². The Hall–Kier alpha value is -1.44. The summed E-state index contributed by atoms with van der Waals surface area (Å²) in [5.74, 6) is 0.602. The predicted octanol–water partition coefficient (Wildman–Crippen LogP) is 5.58. The van der Waals surface area contributed by atoms with E-state index in [1.54, 1.807) is 18.8 Å². The van der Waals surface area contributed by atoms with Crippen LogP contribution >= 0.6 is 19.1 Å². The molecule has 0 bridgehead atoms. The monoisotopic (exact) mass is 323 g/mol. The number of aryl methyl sites for hydroxylation is 3. The lowest BCUT2D eigenvalue weighted by molar-refractivity contribution is 0.493. The highest BCUT2D eigenvalue weighted by molar-refractivity contribution is 7.60. The third-order valence-electron chi connectivity index (χ3n) is 3.00. The maximum absolute atomic E-state index is 12.7. The molecule has 21 heavy (non-hydrogen) atoms. The first-order valence-corrected chi connectivity index (χ1v) is 9.10. The molecule has 0 amide bonds. The van der Waals surface area contributed by atoms with E-state index in [0.29, 0.717) is 10.8 Å². The Labute approximate surface area is 130 Å². The molecule has 0 saturated carbocycles. The highest BCUT2D eigenvalue weighted by atomic mass is 35.5. The van der Waals surface area contributed by atoms with Crippen LogP contribution in [0.3, 0.4) is 0 Å². The van der Waals surface area contributed by atoms with Crippen molar-refractivity contribution in [2.45, 2.75) is 20.8 Å². The largest absolute Gasteiger partial charge is 0.429 e. The van der Waals surface area contributed by atoms with E-state index in [2.05, 4.69) is 5.09 Å². The molecular formula is C16H19ClNO2P. The number of hydrogen-bond acceptors (Lipinski definition) is 2. The summed E-state index contributed by atoms with van der Waals surface area (Å²) in [7, 11) is -3.03. The Bertz CT molecular complexity index is 695. The molecule has 0 unspecified atom stereocenters. The summed E-state index contributed by atoms with van der Waals surface area (Å²) in [5, 5.41) is 3.56. The van der Waals surface area contributed by atoms with E-state index in [-0.39, 0.29) is 0 Å². The topological polar surface area (TPSA) is 38.3 Å². The summed E-state index contributed by atoms with van der Waals surface area (Å²) in [6.45, 7) is 7.45.